The van der Waals surface area contributed by atoms with Crippen LogP contribution < -0.4 is 0 Å². The summed E-state index contributed by atoms with van der Waals surface area (Å²) in [5.41, 5.74) is 0.409. The van der Waals surface area contributed by atoms with Gasteiger partial charge in [0.05, 0.1) is 5.57 Å². The van der Waals surface area contributed by atoms with E-state index < -0.39 is 0 Å². The van der Waals surface area contributed by atoms with Crippen molar-refractivity contribution in [2.45, 2.75) is 6.92 Å². The average molecular weight is 108 g/mol. The van der Waals surface area contributed by atoms with Crippen LogP contribution in [0.4, 0.5) is 0 Å². The van der Waals surface area contributed by atoms with Crippen LogP contribution in [0.15, 0.2) is 17.1 Å². The van der Waals surface area contributed by atoms with E-state index in [4.69, 9.17) is 5.26 Å². The highest BCUT2D eigenvalue weighted by Gasteiger charge is 1.77. The molecule has 0 aromatic heterocycles. The monoisotopic (exact) mass is 108 g/mol. The molecule has 0 saturated heterocycles. The van der Waals surface area contributed by atoms with E-state index in [1.54, 1.807) is 0 Å². The molecule has 0 radical (unpaired) electrons. The molecule has 0 spiro atoms. The topological polar surface area (TPSA) is 36.1 Å². The molecule has 0 saturated carbocycles. The van der Waals surface area contributed by atoms with Crippen LogP contribution in [0.5, 0.6) is 0 Å². The Hall–Kier alpha value is -1.10. The molecule has 0 bridgehead atoms. The number of nitriles is 1. The van der Waals surface area contributed by atoms with Gasteiger partial charge in [-0.25, -0.2) is 0 Å². The highest BCUT2D eigenvalue weighted by molar-refractivity contribution is 5.82. The van der Waals surface area contributed by atoms with E-state index in [9.17, 15) is 0 Å². The zero-order valence-corrected chi connectivity index (χ0v) is 4.89. The first-order valence-electron chi connectivity index (χ1n) is 2.40. The van der Waals surface area contributed by atoms with E-state index in [0.717, 1.165) is 0 Å². The SMILES string of the molecule is C=C(C#N)C=NCC. The van der Waals surface area contributed by atoms with Gasteiger partial charge in [0.25, 0.3) is 0 Å². The number of rotatable bonds is 2. The van der Waals surface area contributed by atoms with E-state index in [1.165, 1.54) is 6.21 Å². The summed E-state index contributed by atoms with van der Waals surface area (Å²) in [6.07, 6.45) is 1.47. The lowest BCUT2D eigenvalue weighted by atomic mass is 10.4. The van der Waals surface area contributed by atoms with Crippen LogP contribution in [0.25, 0.3) is 0 Å². The summed E-state index contributed by atoms with van der Waals surface area (Å²) < 4.78 is 0. The predicted octanol–water partition coefficient (Wildman–Crippen LogP) is 1.16. The Morgan fingerprint density at radius 1 is 2.00 bits per heavy atom. The first-order chi connectivity index (χ1) is 3.81. The summed E-state index contributed by atoms with van der Waals surface area (Å²) in [5.74, 6) is 0. The van der Waals surface area contributed by atoms with Gasteiger partial charge >= 0.3 is 0 Å². The third-order valence-electron chi connectivity index (χ3n) is 0.573. The lowest BCUT2D eigenvalue weighted by molar-refractivity contribution is 1.14. The summed E-state index contributed by atoms with van der Waals surface area (Å²) in [7, 11) is 0. The van der Waals surface area contributed by atoms with Gasteiger partial charge in [0.2, 0.25) is 0 Å². The first kappa shape index (κ1) is 6.90. The standard InChI is InChI=1S/C6H8N2/c1-3-8-5-6(2)4-7/h5H,2-3H2,1H3. The molecule has 0 aromatic rings. The predicted molar refractivity (Wildman–Crippen MR) is 33.8 cm³/mol. The summed E-state index contributed by atoms with van der Waals surface area (Å²) >= 11 is 0. The van der Waals surface area contributed by atoms with Crippen LogP contribution >= 0.6 is 0 Å². The van der Waals surface area contributed by atoms with Crippen LogP contribution in [0.1, 0.15) is 6.92 Å². The van der Waals surface area contributed by atoms with Gasteiger partial charge in [-0.1, -0.05) is 6.58 Å². The Labute approximate surface area is 49.2 Å². The van der Waals surface area contributed by atoms with Crippen LogP contribution in [0.3, 0.4) is 0 Å². The van der Waals surface area contributed by atoms with Gasteiger partial charge in [-0.05, 0) is 6.92 Å². The number of allylic oxidation sites excluding steroid dienone is 1. The molecule has 0 aliphatic carbocycles. The molecule has 8 heavy (non-hydrogen) atoms. The Morgan fingerprint density at radius 3 is 3.00 bits per heavy atom. The molecular weight excluding hydrogens is 100 g/mol. The van der Waals surface area contributed by atoms with Crippen LogP contribution in [0, 0.1) is 11.3 Å². The Kier molecular flexibility index (Phi) is 3.51. The van der Waals surface area contributed by atoms with Crippen molar-refractivity contribution in [2.75, 3.05) is 6.54 Å². The summed E-state index contributed by atoms with van der Waals surface area (Å²) in [6, 6.07) is 1.86. The zero-order valence-electron chi connectivity index (χ0n) is 4.89. The molecule has 0 aliphatic rings. The fraction of sp³-hybridized carbons (Fsp3) is 0.333. The van der Waals surface area contributed by atoms with Crippen LogP contribution in [-0.2, 0) is 0 Å². The van der Waals surface area contributed by atoms with E-state index >= 15 is 0 Å². The maximum atomic E-state index is 8.12. The summed E-state index contributed by atoms with van der Waals surface area (Å²) in [4.78, 5) is 3.80. The van der Waals surface area contributed by atoms with Crippen molar-refractivity contribution in [3.63, 3.8) is 0 Å². The molecule has 0 rings (SSSR count). The van der Waals surface area contributed by atoms with Crippen molar-refractivity contribution in [2.24, 2.45) is 4.99 Å². The number of aliphatic imine (C=N–C) groups is 1. The average Bonchev–Trinajstić information content (AvgIpc) is 1.83. The van der Waals surface area contributed by atoms with Gasteiger partial charge in [0.1, 0.15) is 6.07 Å². The van der Waals surface area contributed by atoms with Gasteiger partial charge < -0.3 is 0 Å². The van der Waals surface area contributed by atoms with Gasteiger partial charge in [0, 0.05) is 12.8 Å². The lowest BCUT2D eigenvalue weighted by Crippen LogP contribution is -1.76. The Morgan fingerprint density at radius 2 is 2.62 bits per heavy atom. The van der Waals surface area contributed by atoms with Gasteiger partial charge in [-0.2, -0.15) is 5.26 Å². The van der Waals surface area contributed by atoms with Crippen molar-refractivity contribution in [3.8, 4) is 6.07 Å². The summed E-state index contributed by atoms with van der Waals surface area (Å²) in [5, 5.41) is 8.12. The van der Waals surface area contributed by atoms with E-state index in [1.807, 2.05) is 13.0 Å². The number of hydrogen-bond donors (Lipinski definition) is 0. The van der Waals surface area contributed by atoms with Crippen LogP contribution in [-0.4, -0.2) is 12.8 Å². The number of nitrogens with zero attached hydrogens (tertiary/aromatic N) is 2. The normalized spacial score (nSPS) is 9.00. The highest BCUT2D eigenvalue weighted by Crippen LogP contribution is 1.78. The molecule has 2 heteroatoms. The fourth-order valence-electron chi connectivity index (χ4n) is 0.230. The lowest BCUT2D eigenvalue weighted by Gasteiger charge is -1.77. The second-order valence-electron chi connectivity index (χ2n) is 1.26. The molecule has 0 unspecified atom stereocenters. The molecule has 0 amide bonds. The molecule has 0 atom stereocenters. The zero-order chi connectivity index (χ0) is 6.41. The van der Waals surface area contributed by atoms with Crippen molar-refractivity contribution in [1.82, 2.24) is 0 Å². The van der Waals surface area contributed by atoms with Crippen molar-refractivity contribution < 1.29 is 0 Å². The molecule has 42 valence electrons. The maximum absolute atomic E-state index is 8.12. The van der Waals surface area contributed by atoms with Crippen molar-refractivity contribution >= 4 is 6.21 Å². The van der Waals surface area contributed by atoms with Crippen molar-refractivity contribution in [1.29, 1.82) is 5.26 Å². The third-order valence-corrected chi connectivity index (χ3v) is 0.573. The second kappa shape index (κ2) is 4.07. The molecule has 0 heterocycles. The van der Waals surface area contributed by atoms with Gasteiger partial charge in [0.15, 0.2) is 0 Å². The van der Waals surface area contributed by atoms with Gasteiger partial charge in [-0.3, -0.25) is 4.99 Å². The molecule has 0 N–H and O–H groups in total. The quantitative estimate of drug-likeness (QED) is 0.386. The van der Waals surface area contributed by atoms with Crippen molar-refractivity contribution in [3.05, 3.63) is 12.2 Å². The minimum atomic E-state index is 0.409. The molecule has 0 aromatic carbocycles. The minimum Gasteiger partial charge on any atom is -0.292 e. The van der Waals surface area contributed by atoms with E-state index in [-0.39, 0.29) is 0 Å². The Balaban J connectivity index is 3.58. The third kappa shape index (κ3) is 3.10. The minimum absolute atomic E-state index is 0.409. The van der Waals surface area contributed by atoms with E-state index in [0.29, 0.717) is 12.1 Å². The fourth-order valence-corrected chi connectivity index (χ4v) is 0.230. The second-order valence-corrected chi connectivity index (χ2v) is 1.26. The molecular formula is C6H8N2. The molecule has 2 nitrogen and oxygen atoms in total. The maximum Gasteiger partial charge on any atom is 0.100 e. The van der Waals surface area contributed by atoms with Crippen LogP contribution in [0.2, 0.25) is 0 Å². The largest absolute Gasteiger partial charge is 0.292 e. The highest BCUT2D eigenvalue weighted by atomic mass is 14.7. The smallest absolute Gasteiger partial charge is 0.100 e. The Bertz CT molecular complexity index is 139. The first-order valence-corrected chi connectivity index (χ1v) is 2.40. The molecule has 0 aliphatic heterocycles. The van der Waals surface area contributed by atoms with E-state index in [2.05, 4.69) is 11.6 Å². The van der Waals surface area contributed by atoms with Gasteiger partial charge in [-0.15, -0.1) is 0 Å². The molecule has 0 fully saturated rings. The summed E-state index contributed by atoms with van der Waals surface area (Å²) in [6.45, 7) is 6.01. The number of hydrogen-bond acceptors (Lipinski definition) is 2.